The molecule has 0 aliphatic carbocycles. The molecule has 0 fully saturated rings. The van der Waals surface area contributed by atoms with Crippen molar-refractivity contribution < 1.29 is 0 Å². The lowest BCUT2D eigenvalue weighted by Crippen LogP contribution is -1.94. The van der Waals surface area contributed by atoms with Gasteiger partial charge in [-0.15, -0.1) is 0 Å². The van der Waals surface area contributed by atoms with Crippen LogP contribution in [0, 0.1) is 0 Å². The number of nitrogens with two attached hydrogens (primary N) is 1. The van der Waals surface area contributed by atoms with Crippen LogP contribution < -0.4 is 11.1 Å². The highest BCUT2D eigenvalue weighted by Crippen LogP contribution is 2.25. The number of aromatic nitrogens is 3. The number of para-hydroxylation sites is 1. The first-order valence-corrected chi connectivity index (χ1v) is 5.74. The number of halogens is 1. The van der Waals surface area contributed by atoms with Gasteiger partial charge in [-0.3, -0.25) is 5.10 Å². The van der Waals surface area contributed by atoms with Crippen molar-refractivity contribution in [2.75, 3.05) is 11.1 Å². The first kappa shape index (κ1) is 10.9. The molecule has 2 heterocycles. The van der Waals surface area contributed by atoms with Crippen LogP contribution in [0.1, 0.15) is 0 Å². The predicted octanol–water partition coefficient (Wildman–Crippen LogP) is 2.94. The van der Waals surface area contributed by atoms with E-state index in [1.807, 2.05) is 36.4 Å². The third kappa shape index (κ3) is 1.84. The van der Waals surface area contributed by atoms with Crippen molar-refractivity contribution in [1.29, 1.82) is 0 Å². The highest BCUT2D eigenvalue weighted by atomic mass is 35.5. The van der Waals surface area contributed by atoms with Gasteiger partial charge in [-0.25, -0.2) is 4.98 Å². The highest BCUT2D eigenvalue weighted by molar-refractivity contribution is 6.33. The molecule has 0 unspecified atom stereocenters. The number of H-pyrrole nitrogens is 1. The van der Waals surface area contributed by atoms with Crippen LogP contribution in [0.25, 0.3) is 11.0 Å². The molecule has 0 atom stereocenters. The van der Waals surface area contributed by atoms with E-state index in [2.05, 4.69) is 20.5 Å². The van der Waals surface area contributed by atoms with Crippen LogP contribution in [0.2, 0.25) is 5.02 Å². The Labute approximate surface area is 108 Å². The second kappa shape index (κ2) is 4.19. The Kier molecular flexibility index (Phi) is 2.53. The molecule has 0 saturated heterocycles. The molecule has 3 aromatic rings. The molecule has 3 rings (SSSR count). The number of fused-ring (bicyclic) bond motifs is 1. The van der Waals surface area contributed by atoms with E-state index in [-0.39, 0.29) is 0 Å². The van der Waals surface area contributed by atoms with Crippen LogP contribution in [0.3, 0.4) is 0 Å². The molecule has 4 N–H and O–H groups in total. The molecule has 0 radical (unpaired) electrons. The van der Waals surface area contributed by atoms with Gasteiger partial charge < -0.3 is 11.1 Å². The normalized spacial score (nSPS) is 10.7. The Morgan fingerprint density at radius 1 is 1.17 bits per heavy atom. The average molecular weight is 260 g/mol. The summed E-state index contributed by atoms with van der Waals surface area (Å²) in [5.74, 6) is 1.13. The van der Waals surface area contributed by atoms with Gasteiger partial charge in [0.25, 0.3) is 0 Å². The topological polar surface area (TPSA) is 79.6 Å². The molecule has 5 nitrogen and oxygen atoms in total. The van der Waals surface area contributed by atoms with Gasteiger partial charge in [-0.1, -0.05) is 23.7 Å². The molecule has 0 saturated carbocycles. The molecule has 0 aliphatic rings. The first-order valence-electron chi connectivity index (χ1n) is 5.36. The molecular formula is C12H10ClN5. The number of nitrogen functional groups attached to an aromatic ring is 1. The van der Waals surface area contributed by atoms with Gasteiger partial charge in [0.2, 0.25) is 0 Å². The Bertz CT molecular complexity index is 707. The number of anilines is 3. The molecule has 90 valence electrons. The summed E-state index contributed by atoms with van der Waals surface area (Å²) in [5.41, 5.74) is 7.13. The molecule has 0 amide bonds. The molecule has 6 heteroatoms. The zero-order chi connectivity index (χ0) is 12.5. The second-order valence-electron chi connectivity index (χ2n) is 3.81. The molecule has 0 aliphatic heterocycles. The summed E-state index contributed by atoms with van der Waals surface area (Å²) >= 11 is 6.07. The number of pyridine rings is 1. The highest BCUT2D eigenvalue weighted by Gasteiger charge is 2.05. The van der Waals surface area contributed by atoms with Crippen LogP contribution in [0.4, 0.5) is 17.3 Å². The van der Waals surface area contributed by atoms with E-state index in [1.54, 1.807) is 0 Å². The van der Waals surface area contributed by atoms with Gasteiger partial charge in [-0.2, -0.15) is 5.10 Å². The predicted molar refractivity (Wildman–Crippen MR) is 73.0 cm³/mol. The lowest BCUT2D eigenvalue weighted by atomic mass is 10.3. The Hall–Kier alpha value is -2.27. The standard InChI is InChI=1S/C12H10ClN5/c13-8-3-1-2-4-9(8)15-10-6-5-7-11(14)17-18-12(7)16-10/h1-6H,(H4,14,15,16,17,18). The SMILES string of the molecule is Nc1n[nH]c2nc(Nc3ccccc3Cl)ccc12. The van der Waals surface area contributed by atoms with E-state index in [9.17, 15) is 0 Å². The van der Waals surface area contributed by atoms with Crippen molar-refractivity contribution in [2.24, 2.45) is 0 Å². The Morgan fingerprint density at radius 2 is 2.00 bits per heavy atom. The largest absolute Gasteiger partial charge is 0.382 e. The number of nitrogens with one attached hydrogen (secondary N) is 2. The summed E-state index contributed by atoms with van der Waals surface area (Å²) in [4.78, 5) is 4.36. The van der Waals surface area contributed by atoms with E-state index >= 15 is 0 Å². The first-order chi connectivity index (χ1) is 8.74. The van der Waals surface area contributed by atoms with Gasteiger partial charge in [-0.05, 0) is 24.3 Å². The third-order valence-electron chi connectivity index (χ3n) is 2.59. The molecule has 2 aromatic heterocycles. The lowest BCUT2D eigenvalue weighted by Gasteiger charge is -2.06. The van der Waals surface area contributed by atoms with Gasteiger partial charge >= 0.3 is 0 Å². The fourth-order valence-electron chi connectivity index (χ4n) is 1.69. The van der Waals surface area contributed by atoms with Crippen molar-refractivity contribution in [3.63, 3.8) is 0 Å². The Balaban J connectivity index is 1.98. The number of benzene rings is 1. The maximum absolute atomic E-state index is 6.07. The fraction of sp³-hybridized carbons (Fsp3) is 0. The minimum absolute atomic E-state index is 0.446. The minimum Gasteiger partial charge on any atom is -0.382 e. The van der Waals surface area contributed by atoms with Crippen LogP contribution in [-0.2, 0) is 0 Å². The summed E-state index contributed by atoms with van der Waals surface area (Å²) in [6.45, 7) is 0. The number of hydrogen-bond donors (Lipinski definition) is 3. The fourth-order valence-corrected chi connectivity index (χ4v) is 1.88. The van der Waals surface area contributed by atoms with Crippen molar-refractivity contribution >= 4 is 40.0 Å². The van der Waals surface area contributed by atoms with E-state index in [0.717, 1.165) is 11.1 Å². The monoisotopic (exact) mass is 259 g/mol. The van der Waals surface area contributed by atoms with E-state index in [4.69, 9.17) is 17.3 Å². The van der Waals surface area contributed by atoms with Crippen LogP contribution in [-0.4, -0.2) is 15.2 Å². The molecular weight excluding hydrogens is 250 g/mol. The number of nitrogens with zero attached hydrogens (tertiary/aromatic N) is 2. The average Bonchev–Trinajstić information content (AvgIpc) is 2.74. The summed E-state index contributed by atoms with van der Waals surface area (Å²) < 4.78 is 0. The number of aromatic amines is 1. The minimum atomic E-state index is 0.446. The van der Waals surface area contributed by atoms with Gasteiger partial charge in [0.15, 0.2) is 11.5 Å². The summed E-state index contributed by atoms with van der Waals surface area (Å²) in [6.07, 6.45) is 0. The second-order valence-corrected chi connectivity index (χ2v) is 4.21. The van der Waals surface area contributed by atoms with E-state index < -0.39 is 0 Å². The third-order valence-corrected chi connectivity index (χ3v) is 2.92. The van der Waals surface area contributed by atoms with Crippen molar-refractivity contribution in [1.82, 2.24) is 15.2 Å². The molecule has 0 spiro atoms. The zero-order valence-electron chi connectivity index (χ0n) is 9.31. The molecule has 18 heavy (non-hydrogen) atoms. The van der Waals surface area contributed by atoms with Crippen LogP contribution >= 0.6 is 11.6 Å². The quantitative estimate of drug-likeness (QED) is 0.661. The van der Waals surface area contributed by atoms with Crippen LogP contribution in [0.15, 0.2) is 36.4 Å². The van der Waals surface area contributed by atoms with Crippen LogP contribution in [0.5, 0.6) is 0 Å². The van der Waals surface area contributed by atoms with Crippen molar-refractivity contribution in [2.45, 2.75) is 0 Å². The van der Waals surface area contributed by atoms with Gasteiger partial charge in [0.05, 0.1) is 16.1 Å². The number of hydrogen-bond acceptors (Lipinski definition) is 4. The Morgan fingerprint density at radius 3 is 2.83 bits per heavy atom. The smallest absolute Gasteiger partial charge is 0.159 e. The maximum atomic E-state index is 6.07. The van der Waals surface area contributed by atoms with E-state index in [0.29, 0.717) is 22.3 Å². The van der Waals surface area contributed by atoms with Gasteiger partial charge in [0.1, 0.15) is 5.82 Å². The lowest BCUT2D eigenvalue weighted by molar-refractivity contribution is 1.10. The summed E-state index contributed by atoms with van der Waals surface area (Å²) in [6, 6.07) is 11.2. The molecule has 1 aromatic carbocycles. The van der Waals surface area contributed by atoms with Crippen molar-refractivity contribution in [3.05, 3.63) is 41.4 Å². The number of rotatable bonds is 2. The zero-order valence-corrected chi connectivity index (χ0v) is 10.1. The summed E-state index contributed by atoms with van der Waals surface area (Å²) in [5, 5.41) is 11.3. The molecule has 0 bridgehead atoms. The summed E-state index contributed by atoms with van der Waals surface area (Å²) in [7, 11) is 0. The van der Waals surface area contributed by atoms with Crippen molar-refractivity contribution in [3.8, 4) is 0 Å². The van der Waals surface area contributed by atoms with Gasteiger partial charge in [0, 0.05) is 0 Å². The maximum Gasteiger partial charge on any atom is 0.159 e. The van der Waals surface area contributed by atoms with E-state index in [1.165, 1.54) is 0 Å².